The van der Waals surface area contributed by atoms with E-state index in [1.54, 1.807) is 11.8 Å². The van der Waals surface area contributed by atoms with Crippen LogP contribution in [0.15, 0.2) is 186 Å². The molecule has 3 heterocycles. The Labute approximate surface area is 359 Å². The summed E-state index contributed by atoms with van der Waals surface area (Å²) in [6.07, 6.45) is 1.87. The molecular formula is C52H39N4PdS-3. The molecule has 10 rings (SSSR count). The van der Waals surface area contributed by atoms with Crippen LogP contribution in [0.3, 0.4) is 0 Å². The number of hydrogen-bond acceptors (Lipinski definition) is 5. The second kappa shape index (κ2) is 15.5. The maximum absolute atomic E-state index is 4.94. The second-order valence-electron chi connectivity index (χ2n) is 15.4. The van der Waals surface area contributed by atoms with Crippen LogP contribution in [0.1, 0.15) is 26.3 Å². The molecule has 2 aliphatic rings. The zero-order valence-electron chi connectivity index (χ0n) is 32.3. The molecular weight excluding hydrogens is 819 g/mol. The van der Waals surface area contributed by atoms with Crippen molar-refractivity contribution >= 4 is 51.7 Å². The van der Waals surface area contributed by atoms with Crippen molar-refractivity contribution in [2.75, 3.05) is 14.7 Å². The average molecular weight is 858 g/mol. The van der Waals surface area contributed by atoms with Crippen LogP contribution in [0, 0.1) is 18.8 Å². The van der Waals surface area contributed by atoms with Crippen LogP contribution in [0.25, 0.3) is 33.4 Å². The summed E-state index contributed by atoms with van der Waals surface area (Å²) in [4.78, 5) is 13.7. The molecule has 0 N–H and O–H groups in total. The Hall–Kier alpha value is -5.90. The number of hydrogen-bond donors (Lipinski definition) is 0. The summed E-state index contributed by atoms with van der Waals surface area (Å²) in [6.45, 7) is 8.92. The summed E-state index contributed by atoms with van der Waals surface area (Å²) in [6, 6.07) is 68.1. The second-order valence-corrected chi connectivity index (χ2v) is 16.5. The number of para-hydroxylation sites is 3. The topological polar surface area (TPSA) is 22.6 Å². The Kier molecular flexibility index (Phi) is 10.0. The predicted molar refractivity (Wildman–Crippen MR) is 237 cm³/mol. The summed E-state index contributed by atoms with van der Waals surface area (Å²) in [5, 5.41) is 0. The molecule has 6 heteroatoms. The molecule has 2 aliphatic heterocycles. The Morgan fingerprint density at radius 3 is 1.93 bits per heavy atom. The molecule has 4 nitrogen and oxygen atoms in total. The van der Waals surface area contributed by atoms with Gasteiger partial charge in [-0.15, -0.1) is 57.7 Å². The van der Waals surface area contributed by atoms with E-state index in [0.717, 1.165) is 66.4 Å². The average Bonchev–Trinajstić information content (AvgIpc) is 3.59. The van der Waals surface area contributed by atoms with E-state index in [4.69, 9.17) is 4.98 Å². The molecule has 0 radical (unpaired) electrons. The molecule has 8 aromatic rings. The van der Waals surface area contributed by atoms with Crippen LogP contribution in [-0.4, -0.2) is 4.98 Å². The van der Waals surface area contributed by atoms with Gasteiger partial charge in [-0.25, -0.2) is 4.98 Å². The first kappa shape index (κ1) is 37.7. The van der Waals surface area contributed by atoms with Crippen molar-refractivity contribution in [2.45, 2.75) is 36.0 Å². The molecule has 0 saturated carbocycles. The van der Waals surface area contributed by atoms with Gasteiger partial charge in [0.05, 0.1) is 5.69 Å². The summed E-state index contributed by atoms with van der Waals surface area (Å²) >= 11 is 1.67. The number of aromatic nitrogens is 1. The van der Waals surface area contributed by atoms with E-state index in [9.17, 15) is 0 Å². The van der Waals surface area contributed by atoms with Gasteiger partial charge in [0.1, 0.15) is 5.82 Å². The Morgan fingerprint density at radius 2 is 1.19 bits per heavy atom. The summed E-state index contributed by atoms with van der Waals surface area (Å²) < 4.78 is 0. The first-order valence-electron chi connectivity index (χ1n) is 19.3. The zero-order valence-corrected chi connectivity index (χ0v) is 34.7. The van der Waals surface area contributed by atoms with Crippen LogP contribution in [0.5, 0.6) is 0 Å². The molecule has 7 aromatic carbocycles. The number of rotatable bonds is 6. The standard InChI is InChI=1S/C52H39N4S.Pd/c1-52(2,3)38-26-23-36(24-27-38)37-25-29-45-43-18-7-8-19-44(43)46-30-28-42(34-50(46)56(49(45)32-37)51-22-11-12-31-53-51)57-41-17-13-16-40(33-41)55-35-54(39-14-5-4-6-15-39)47-20-9-10-21-48(47)55;/h4-32,35H,1-3H3;/q-3;. The minimum Gasteiger partial charge on any atom is -0.493 e. The fourth-order valence-corrected chi connectivity index (χ4v) is 8.68. The summed E-state index contributed by atoms with van der Waals surface area (Å²) in [5.74, 6) is 0.839. The van der Waals surface area contributed by atoms with Gasteiger partial charge in [0.15, 0.2) is 0 Å². The fraction of sp³-hybridized carbons (Fsp3) is 0.0769. The van der Waals surface area contributed by atoms with Gasteiger partial charge in [0, 0.05) is 49.2 Å². The van der Waals surface area contributed by atoms with Crippen molar-refractivity contribution in [1.29, 1.82) is 0 Å². The Morgan fingerprint density at radius 1 is 0.534 bits per heavy atom. The van der Waals surface area contributed by atoms with Crippen molar-refractivity contribution in [1.82, 2.24) is 4.98 Å². The molecule has 286 valence electrons. The third kappa shape index (κ3) is 6.92. The molecule has 0 amide bonds. The van der Waals surface area contributed by atoms with Gasteiger partial charge in [0.2, 0.25) is 0 Å². The van der Waals surface area contributed by atoms with Crippen molar-refractivity contribution < 1.29 is 20.4 Å². The smallest absolute Gasteiger partial charge is 0.135 e. The van der Waals surface area contributed by atoms with Crippen molar-refractivity contribution in [3.8, 4) is 33.4 Å². The van der Waals surface area contributed by atoms with Gasteiger partial charge in [0.25, 0.3) is 0 Å². The third-order valence-corrected chi connectivity index (χ3v) is 11.6. The van der Waals surface area contributed by atoms with E-state index in [-0.39, 0.29) is 25.8 Å². The minimum atomic E-state index is 0. The molecule has 0 fully saturated rings. The normalized spacial score (nSPS) is 12.8. The van der Waals surface area contributed by atoms with Gasteiger partial charge >= 0.3 is 0 Å². The minimum absolute atomic E-state index is 0. The Balaban J connectivity index is 0.00000436. The molecule has 0 aliphatic carbocycles. The van der Waals surface area contributed by atoms with E-state index in [2.05, 4.69) is 212 Å². The van der Waals surface area contributed by atoms with E-state index < -0.39 is 0 Å². The monoisotopic (exact) mass is 857 g/mol. The van der Waals surface area contributed by atoms with Crippen LogP contribution >= 0.6 is 11.8 Å². The van der Waals surface area contributed by atoms with Crippen LogP contribution in [0.2, 0.25) is 0 Å². The molecule has 0 saturated heterocycles. The SMILES string of the molecule is CC(C)(C)c1ccc(-c2ccc3c(c2)N(c2ccccn2)c2[c-]c(Sc4[c-]c(N5[CH-]N(c6ccccc6)c6ccccc65)ccc4)ccc2-c2ccccc2-3)cc1.[Pd]. The quantitative estimate of drug-likeness (QED) is 0.122. The van der Waals surface area contributed by atoms with E-state index in [1.165, 1.54) is 22.3 Å². The van der Waals surface area contributed by atoms with Gasteiger partial charge in [-0.05, 0) is 70.1 Å². The van der Waals surface area contributed by atoms with Crippen molar-refractivity contribution in [2.24, 2.45) is 0 Å². The first-order chi connectivity index (χ1) is 27.9. The summed E-state index contributed by atoms with van der Waals surface area (Å²) in [5.41, 5.74) is 14.7. The molecule has 1 aromatic heterocycles. The number of anilines is 7. The first-order valence-corrected chi connectivity index (χ1v) is 20.1. The largest absolute Gasteiger partial charge is 0.493 e. The van der Waals surface area contributed by atoms with Crippen LogP contribution < -0.4 is 14.7 Å². The predicted octanol–water partition coefficient (Wildman–Crippen LogP) is 14.3. The summed E-state index contributed by atoms with van der Waals surface area (Å²) in [7, 11) is 0. The van der Waals surface area contributed by atoms with Gasteiger partial charge in [-0.3, -0.25) is 0 Å². The van der Waals surface area contributed by atoms with E-state index in [1.807, 2.05) is 18.3 Å². The third-order valence-electron chi connectivity index (χ3n) is 10.7. The van der Waals surface area contributed by atoms with Crippen LogP contribution in [-0.2, 0) is 25.8 Å². The van der Waals surface area contributed by atoms with E-state index >= 15 is 0 Å². The fourth-order valence-electron chi connectivity index (χ4n) is 7.85. The number of pyridine rings is 1. The zero-order chi connectivity index (χ0) is 38.5. The van der Waals surface area contributed by atoms with Gasteiger partial charge in [-0.2, -0.15) is 24.3 Å². The molecule has 0 spiro atoms. The molecule has 58 heavy (non-hydrogen) atoms. The van der Waals surface area contributed by atoms with Crippen molar-refractivity contribution in [3.63, 3.8) is 0 Å². The number of benzene rings is 7. The van der Waals surface area contributed by atoms with Crippen molar-refractivity contribution in [3.05, 3.63) is 200 Å². The number of nitrogens with zero attached hydrogens (tertiary/aromatic N) is 4. The van der Waals surface area contributed by atoms with Gasteiger partial charge < -0.3 is 14.7 Å². The maximum atomic E-state index is 4.94. The maximum Gasteiger partial charge on any atom is 0.135 e. The van der Waals surface area contributed by atoms with Gasteiger partial charge in [-0.1, -0.05) is 129 Å². The molecule has 0 atom stereocenters. The van der Waals surface area contributed by atoms with Crippen LogP contribution in [0.4, 0.5) is 39.9 Å². The van der Waals surface area contributed by atoms with E-state index in [0.29, 0.717) is 0 Å². The number of fused-ring (bicyclic) bond motifs is 6. The molecule has 0 unspecified atom stereocenters. The molecule has 0 bridgehead atoms. The Bertz CT molecular complexity index is 2750.